The lowest BCUT2D eigenvalue weighted by Gasteiger charge is -2.29. The number of nitrogens with zero attached hydrogens (tertiary/aromatic N) is 3. The fourth-order valence-corrected chi connectivity index (χ4v) is 7.62. The van der Waals surface area contributed by atoms with Crippen molar-refractivity contribution in [3.8, 4) is 11.1 Å². The Hall–Kier alpha value is -5.54. The summed E-state index contributed by atoms with van der Waals surface area (Å²) in [7, 11) is 0. The number of aryl methyl sites for hydroxylation is 6. The number of aromatic nitrogens is 2. The number of benzene rings is 6. The van der Waals surface area contributed by atoms with Crippen molar-refractivity contribution in [1.29, 1.82) is 0 Å². The van der Waals surface area contributed by atoms with Crippen LogP contribution in [0.15, 0.2) is 134 Å². The molecule has 48 heavy (non-hydrogen) atoms. The third-order valence-electron chi connectivity index (χ3n) is 9.48. The van der Waals surface area contributed by atoms with Crippen LogP contribution in [0.1, 0.15) is 56.0 Å². The minimum atomic E-state index is 0.0993. The van der Waals surface area contributed by atoms with Gasteiger partial charge in [-0.15, -0.1) is 0 Å². The molecule has 1 aromatic heterocycles. The first kappa shape index (κ1) is 31.1. The van der Waals surface area contributed by atoms with Gasteiger partial charge in [-0.3, -0.25) is 4.90 Å². The Bertz CT molecular complexity index is 2130. The second-order valence-corrected chi connectivity index (χ2v) is 13.1. The van der Waals surface area contributed by atoms with Crippen LogP contribution >= 0.6 is 0 Å². The molecule has 0 saturated heterocycles. The van der Waals surface area contributed by atoms with Gasteiger partial charge in [0.15, 0.2) is 0 Å². The SMILES string of the molecule is Cc1cc(C)c(C(c2ccc(N(c3ncccn3)c3cc4ccccc4cc3-c3ccccc3)cc2)c2c(C)cc(C)cc2C)c(C)c1. The van der Waals surface area contributed by atoms with Crippen molar-refractivity contribution < 1.29 is 0 Å². The zero-order chi connectivity index (χ0) is 33.4. The molecule has 0 radical (unpaired) electrons. The van der Waals surface area contributed by atoms with Gasteiger partial charge in [0.2, 0.25) is 5.95 Å². The first-order chi connectivity index (χ1) is 23.3. The van der Waals surface area contributed by atoms with Gasteiger partial charge in [0.1, 0.15) is 0 Å². The van der Waals surface area contributed by atoms with E-state index in [4.69, 9.17) is 9.97 Å². The van der Waals surface area contributed by atoms with Gasteiger partial charge in [0.05, 0.1) is 5.69 Å². The Morgan fingerprint density at radius 1 is 0.500 bits per heavy atom. The van der Waals surface area contributed by atoms with E-state index in [0.29, 0.717) is 5.95 Å². The number of hydrogen-bond acceptors (Lipinski definition) is 3. The average Bonchev–Trinajstić information content (AvgIpc) is 3.08. The largest absolute Gasteiger partial charge is 0.279 e. The maximum atomic E-state index is 4.78. The van der Waals surface area contributed by atoms with E-state index < -0.39 is 0 Å². The molecule has 6 aromatic carbocycles. The predicted octanol–water partition coefficient (Wildman–Crippen LogP) is 11.8. The number of rotatable bonds is 7. The van der Waals surface area contributed by atoms with Crippen LogP contribution in [-0.2, 0) is 0 Å². The van der Waals surface area contributed by atoms with Crippen molar-refractivity contribution in [1.82, 2.24) is 9.97 Å². The molecule has 0 N–H and O–H groups in total. The number of fused-ring (bicyclic) bond motifs is 1. The zero-order valence-corrected chi connectivity index (χ0v) is 28.6. The molecule has 3 nitrogen and oxygen atoms in total. The summed E-state index contributed by atoms with van der Waals surface area (Å²) < 4.78 is 0. The van der Waals surface area contributed by atoms with Crippen molar-refractivity contribution in [2.24, 2.45) is 0 Å². The van der Waals surface area contributed by atoms with Crippen molar-refractivity contribution >= 4 is 28.1 Å². The van der Waals surface area contributed by atoms with E-state index in [1.807, 2.05) is 18.5 Å². The van der Waals surface area contributed by atoms with E-state index in [2.05, 4.69) is 162 Å². The highest BCUT2D eigenvalue weighted by Gasteiger charge is 2.26. The normalized spacial score (nSPS) is 11.3. The number of anilines is 3. The monoisotopic (exact) mass is 623 g/mol. The Morgan fingerprint density at radius 2 is 1.00 bits per heavy atom. The molecule has 3 heteroatoms. The second-order valence-electron chi connectivity index (χ2n) is 13.1. The molecule has 0 unspecified atom stereocenters. The Kier molecular flexibility index (Phi) is 8.37. The maximum absolute atomic E-state index is 4.78. The third kappa shape index (κ3) is 5.89. The molecule has 0 amide bonds. The summed E-state index contributed by atoms with van der Waals surface area (Å²) in [5.41, 5.74) is 16.2. The van der Waals surface area contributed by atoms with Crippen LogP contribution in [0.25, 0.3) is 21.9 Å². The molecule has 0 bridgehead atoms. The third-order valence-corrected chi connectivity index (χ3v) is 9.48. The summed E-state index contributed by atoms with van der Waals surface area (Å²) in [6, 6.07) is 43.9. The maximum Gasteiger partial charge on any atom is 0.234 e. The lowest BCUT2D eigenvalue weighted by Crippen LogP contribution is -2.15. The summed E-state index contributed by atoms with van der Waals surface area (Å²) in [5, 5.41) is 2.36. The summed E-state index contributed by atoms with van der Waals surface area (Å²) in [6.07, 6.45) is 3.63. The van der Waals surface area contributed by atoms with Gasteiger partial charge >= 0.3 is 0 Å². The number of hydrogen-bond donors (Lipinski definition) is 0. The van der Waals surface area contributed by atoms with E-state index in [1.54, 1.807) is 0 Å². The van der Waals surface area contributed by atoms with Gasteiger partial charge in [-0.05, 0) is 127 Å². The van der Waals surface area contributed by atoms with Crippen LogP contribution in [0.5, 0.6) is 0 Å². The zero-order valence-electron chi connectivity index (χ0n) is 28.6. The minimum absolute atomic E-state index is 0.0993. The van der Waals surface area contributed by atoms with Crippen molar-refractivity contribution in [3.63, 3.8) is 0 Å². The van der Waals surface area contributed by atoms with Crippen molar-refractivity contribution in [2.75, 3.05) is 4.90 Å². The minimum Gasteiger partial charge on any atom is -0.279 e. The van der Waals surface area contributed by atoms with Gasteiger partial charge in [-0.1, -0.05) is 102 Å². The topological polar surface area (TPSA) is 29.0 Å². The quantitative estimate of drug-likeness (QED) is 0.165. The average molecular weight is 624 g/mol. The van der Waals surface area contributed by atoms with Crippen LogP contribution in [-0.4, -0.2) is 9.97 Å². The molecule has 7 aromatic rings. The first-order valence-electron chi connectivity index (χ1n) is 16.7. The highest BCUT2D eigenvalue weighted by Crippen LogP contribution is 2.44. The Morgan fingerprint density at radius 3 is 1.54 bits per heavy atom. The molecule has 1 heterocycles. The predicted molar refractivity (Wildman–Crippen MR) is 202 cm³/mol. The van der Waals surface area contributed by atoms with E-state index >= 15 is 0 Å². The Labute approximate surface area is 284 Å². The van der Waals surface area contributed by atoms with E-state index in [1.165, 1.54) is 60.8 Å². The molecule has 236 valence electrons. The summed E-state index contributed by atoms with van der Waals surface area (Å²) in [6.45, 7) is 13.4. The Balaban J connectivity index is 1.44. The lowest BCUT2D eigenvalue weighted by molar-refractivity contribution is 0.919. The molecular weight excluding hydrogens is 583 g/mol. The fourth-order valence-electron chi connectivity index (χ4n) is 7.62. The molecule has 0 aliphatic rings. The first-order valence-corrected chi connectivity index (χ1v) is 16.7. The van der Waals surface area contributed by atoms with E-state index in [9.17, 15) is 0 Å². The fraction of sp³-hybridized carbons (Fsp3) is 0.156. The summed E-state index contributed by atoms with van der Waals surface area (Å²) in [5.74, 6) is 0.729. The van der Waals surface area contributed by atoms with Gasteiger partial charge in [0.25, 0.3) is 0 Å². The summed E-state index contributed by atoms with van der Waals surface area (Å²) >= 11 is 0. The standard InChI is InChI=1S/C45H41N3/c1-29-23-31(3)42(32(4)24-29)44(43-33(5)25-30(2)26-34(43)6)36-17-19-39(20-18-36)48(45-46-21-12-22-47-45)41-28-38-16-11-10-15-37(38)27-40(41)35-13-8-7-9-14-35/h7-28,44H,1-6H3. The van der Waals surface area contributed by atoms with Crippen LogP contribution in [0.2, 0.25) is 0 Å². The van der Waals surface area contributed by atoms with Gasteiger partial charge < -0.3 is 0 Å². The highest BCUT2D eigenvalue weighted by molar-refractivity contribution is 5.97. The van der Waals surface area contributed by atoms with Crippen LogP contribution in [0, 0.1) is 41.5 Å². The summed E-state index contributed by atoms with van der Waals surface area (Å²) in [4.78, 5) is 11.7. The van der Waals surface area contributed by atoms with Gasteiger partial charge in [-0.2, -0.15) is 0 Å². The molecule has 0 fully saturated rings. The smallest absolute Gasteiger partial charge is 0.234 e. The highest BCUT2D eigenvalue weighted by atomic mass is 15.3. The van der Waals surface area contributed by atoms with E-state index in [0.717, 1.165) is 22.5 Å². The van der Waals surface area contributed by atoms with Crippen molar-refractivity contribution in [2.45, 2.75) is 47.5 Å². The van der Waals surface area contributed by atoms with Gasteiger partial charge in [0, 0.05) is 29.6 Å². The lowest BCUT2D eigenvalue weighted by atomic mass is 9.77. The second kappa shape index (κ2) is 12.9. The molecular formula is C45H41N3. The molecule has 0 spiro atoms. The van der Waals surface area contributed by atoms with Crippen molar-refractivity contribution in [3.05, 3.63) is 184 Å². The molecule has 0 aliphatic heterocycles. The van der Waals surface area contributed by atoms with Crippen LogP contribution in [0.3, 0.4) is 0 Å². The molecule has 0 aliphatic carbocycles. The van der Waals surface area contributed by atoms with Gasteiger partial charge in [-0.25, -0.2) is 9.97 Å². The van der Waals surface area contributed by atoms with Crippen LogP contribution < -0.4 is 4.90 Å². The van der Waals surface area contributed by atoms with Crippen LogP contribution in [0.4, 0.5) is 17.3 Å². The molecule has 0 saturated carbocycles. The van der Waals surface area contributed by atoms with E-state index in [-0.39, 0.29) is 5.92 Å². The molecule has 7 rings (SSSR count). The molecule has 0 atom stereocenters.